The highest BCUT2D eigenvalue weighted by molar-refractivity contribution is 7.90. The first-order valence-electron chi connectivity index (χ1n) is 10.6. The maximum Gasteiger partial charge on any atom is 0.300 e. The van der Waals surface area contributed by atoms with Crippen molar-refractivity contribution in [3.63, 3.8) is 0 Å². The molecule has 8 heteroatoms. The third-order valence-corrected chi connectivity index (χ3v) is 6.94. The summed E-state index contributed by atoms with van der Waals surface area (Å²) in [4.78, 5) is 0. The quantitative estimate of drug-likeness (QED) is 0.443. The van der Waals surface area contributed by atoms with E-state index in [4.69, 9.17) is 9.88 Å². The Balaban J connectivity index is 1.93. The highest BCUT2D eigenvalue weighted by Gasteiger charge is 2.49. The average Bonchev–Trinajstić information content (AvgIpc) is 3.41. The second-order valence-electron chi connectivity index (χ2n) is 8.06. The number of anilines is 1. The van der Waals surface area contributed by atoms with Crippen LogP contribution in [0.2, 0.25) is 0 Å². The van der Waals surface area contributed by atoms with Gasteiger partial charge < -0.3 is 4.74 Å². The molecule has 1 aliphatic rings. The van der Waals surface area contributed by atoms with E-state index in [1.165, 1.54) is 10.5 Å². The summed E-state index contributed by atoms with van der Waals surface area (Å²) in [6, 6.07) is 28.4. The second-order valence-corrected chi connectivity index (χ2v) is 9.45. The minimum atomic E-state index is -4.33. The van der Waals surface area contributed by atoms with Crippen LogP contribution in [-0.2, 0) is 15.7 Å². The van der Waals surface area contributed by atoms with Crippen molar-refractivity contribution in [2.75, 3.05) is 10.9 Å². The molecule has 0 saturated carbocycles. The molecule has 0 bridgehead atoms. The predicted octanol–water partition coefficient (Wildman–Crippen LogP) is 3.84. The largest absolute Gasteiger partial charge is 0.474 e. The van der Waals surface area contributed by atoms with Gasteiger partial charge >= 0.3 is 10.2 Å². The van der Waals surface area contributed by atoms with E-state index in [2.05, 4.69) is 5.10 Å². The van der Waals surface area contributed by atoms with Gasteiger partial charge in [-0.2, -0.15) is 13.5 Å². The Kier molecular flexibility index (Phi) is 5.19. The van der Waals surface area contributed by atoms with E-state index in [-0.39, 0.29) is 6.04 Å². The van der Waals surface area contributed by atoms with Crippen molar-refractivity contribution in [3.05, 3.63) is 114 Å². The Hall–Kier alpha value is -3.62. The van der Waals surface area contributed by atoms with Gasteiger partial charge in [0.25, 0.3) is 0 Å². The van der Waals surface area contributed by atoms with Gasteiger partial charge in [0, 0.05) is 0 Å². The van der Waals surface area contributed by atoms with Gasteiger partial charge in [0.1, 0.15) is 17.8 Å². The minimum Gasteiger partial charge on any atom is -0.474 e. The monoisotopic (exact) mass is 460 g/mol. The van der Waals surface area contributed by atoms with Crippen LogP contribution in [-0.4, -0.2) is 24.8 Å². The molecule has 2 heterocycles. The molecule has 0 aliphatic carbocycles. The van der Waals surface area contributed by atoms with Gasteiger partial charge in [0.2, 0.25) is 5.88 Å². The molecule has 0 fully saturated rings. The van der Waals surface area contributed by atoms with Gasteiger partial charge in [0.15, 0.2) is 0 Å². The Morgan fingerprint density at radius 1 is 0.909 bits per heavy atom. The highest BCUT2D eigenvalue weighted by Crippen LogP contribution is 2.49. The molecule has 3 aromatic carbocycles. The Morgan fingerprint density at radius 2 is 1.36 bits per heavy atom. The molecule has 0 amide bonds. The third kappa shape index (κ3) is 3.39. The van der Waals surface area contributed by atoms with Crippen LogP contribution in [0.5, 0.6) is 5.88 Å². The van der Waals surface area contributed by atoms with E-state index in [0.717, 1.165) is 16.7 Å². The van der Waals surface area contributed by atoms with Crippen LogP contribution < -0.4 is 14.2 Å². The number of rotatable bonds is 6. The van der Waals surface area contributed by atoms with E-state index in [9.17, 15) is 8.42 Å². The third-order valence-electron chi connectivity index (χ3n) is 5.96. The summed E-state index contributed by atoms with van der Waals surface area (Å²) < 4.78 is 35.8. The summed E-state index contributed by atoms with van der Waals surface area (Å²) in [6.45, 7) is 2.37. The lowest BCUT2D eigenvalue weighted by Crippen LogP contribution is -2.54. The number of benzene rings is 3. The highest BCUT2D eigenvalue weighted by atomic mass is 32.2. The fraction of sp³-hybridized carbons (Fsp3) is 0.160. The van der Waals surface area contributed by atoms with E-state index >= 15 is 0 Å². The summed E-state index contributed by atoms with van der Waals surface area (Å²) >= 11 is 0. The number of hydrogen-bond acceptors (Lipinski definition) is 4. The Morgan fingerprint density at radius 3 is 1.79 bits per heavy atom. The minimum absolute atomic E-state index is 0.0179. The van der Waals surface area contributed by atoms with Gasteiger partial charge in [0.05, 0.1) is 12.2 Å². The van der Waals surface area contributed by atoms with Gasteiger partial charge in [-0.05, 0) is 23.6 Å². The lowest BCUT2D eigenvalue weighted by molar-refractivity contribution is 0.333. The Labute approximate surface area is 193 Å². The number of fused-ring (bicyclic) bond motifs is 1. The van der Waals surface area contributed by atoms with Crippen molar-refractivity contribution < 1.29 is 13.2 Å². The molecule has 33 heavy (non-hydrogen) atoms. The van der Waals surface area contributed by atoms with Crippen molar-refractivity contribution in [1.29, 1.82) is 0 Å². The molecular weight excluding hydrogens is 436 g/mol. The molecule has 4 aromatic rings. The number of aromatic nitrogens is 2. The lowest BCUT2D eigenvalue weighted by Gasteiger charge is -2.44. The van der Waals surface area contributed by atoms with Gasteiger partial charge in [-0.1, -0.05) is 91.0 Å². The van der Waals surface area contributed by atoms with E-state index in [1.54, 1.807) is 4.68 Å². The first-order valence-corrected chi connectivity index (χ1v) is 12.1. The molecule has 0 radical (unpaired) electrons. The zero-order valence-electron chi connectivity index (χ0n) is 18.1. The number of nitrogens with two attached hydrogens (primary N) is 1. The smallest absolute Gasteiger partial charge is 0.300 e. The summed E-state index contributed by atoms with van der Waals surface area (Å²) in [6.07, 6.45) is 1.51. The Bertz CT molecular complexity index is 1260. The molecule has 1 aromatic heterocycles. The molecule has 1 aliphatic heterocycles. The van der Waals surface area contributed by atoms with Crippen LogP contribution in [0.3, 0.4) is 0 Å². The zero-order valence-corrected chi connectivity index (χ0v) is 18.9. The van der Waals surface area contributed by atoms with Crippen LogP contribution in [0.4, 0.5) is 5.69 Å². The van der Waals surface area contributed by atoms with E-state index in [1.807, 2.05) is 97.9 Å². The normalized spacial score (nSPS) is 15.6. The van der Waals surface area contributed by atoms with Crippen molar-refractivity contribution in [2.24, 2.45) is 5.14 Å². The van der Waals surface area contributed by atoms with Crippen LogP contribution in [0.25, 0.3) is 0 Å². The SMILES string of the molecule is CC1COc2c(N(C(c3ccccc3)(c3ccccc3)c3ccccc3)S(N)(=O)=O)cnn21. The molecule has 1 unspecified atom stereocenters. The fourth-order valence-corrected chi connectivity index (χ4v) is 5.70. The topological polar surface area (TPSA) is 90.4 Å². The van der Waals surface area contributed by atoms with E-state index < -0.39 is 15.7 Å². The zero-order chi connectivity index (χ0) is 23.1. The number of ether oxygens (including phenoxy) is 1. The number of nitrogens with zero attached hydrogens (tertiary/aromatic N) is 3. The lowest BCUT2D eigenvalue weighted by atomic mass is 9.76. The summed E-state index contributed by atoms with van der Waals surface area (Å²) in [5, 5.41) is 10.4. The second kappa shape index (κ2) is 8.06. The molecule has 0 saturated heterocycles. The maximum atomic E-state index is 13.5. The van der Waals surface area contributed by atoms with Crippen LogP contribution in [0, 0.1) is 0 Å². The molecule has 2 N–H and O–H groups in total. The summed E-state index contributed by atoms with van der Waals surface area (Å²) in [5.74, 6) is 0.378. The van der Waals surface area contributed by atoms with Crippen LogP contribution in [0.1, 0.15) is 29.7 Å². The molecule has 5 rings (SSSR count). The van der Waals surface area contributed by atoms with Gasteiger partial charge in [-0.15, -0.1) is 0 Å². The van der Waals surface area contributed by atoms with Crippen LogP contribution in [0.15, 0.2) is 97.2 Å². The molecule has 0 spiro atoms. The van der Waals surface area contributed by atoms with Gasteiger partial charge in [-0.25, -0.2) is 14.1 Å². The first-order chi connectivity index (χ1) is 15.9. The van der Waals surface area contributed by atoms with Gasteiger partial charge in [-0.3, -0.25) is 0 Å². The van der Waals surface area contributed by atoms with Crippen molar-refractivity contribution >= 4 is 15.9 Å². The molecular formula is C25H24N4O3S. The molecule has 1 atom stereocenters. The molecule has 7 nitrogen and oxygen atoms in total. The maximum absolute atomic E-state index is 13.5. The molecule has 168 valence electrons. The number of hydrogen-bond donors (Lipinski definition) is 1. The summed E-state index contributed by atoms with van der Waals surface area (Å²) in [5.41, 5.74) is 1.20. The average molecular weight is 461 g/mol. The fourth-order valence-electron chi connectivity index (χ4n) is 4.60. The van der Waals surface area contributed by atoms with Crippen molar-refractivity contribution in [1.82, 2.24) is 9.78 Å². The van der Waals surface area contributed by atoms with Crippen molar-refractivity contribution in [3.8, 4) is 5.88 Å². The van der Waals surface area contributed by atoms with Crippen molar-refractivity contribution in [2.45, 2.75) is 18.5 Å². The van der Waals surface area contributed by atoms with Crippen LogP contribution >= 0.6 is 0 Å². The standard InChI is InChI=1S/C25H24N4O3S/c1-19-18-32-24-23(17-27-28(19)24)29(33(26,30)31)25(20-11-5-2-6-12-20,21-13-7-3-8-14-21)22-15-9-4-10-16-22/h2-17,19H,18H2,1H3,(H2,26,30,31). The predicted molar refractivity (Wildman–Crippen MR) is 127 cm³/mol. The first kappa shape index (κ1) is 21.2. The summed E-state index contributed by atoms with van der Waals surface area (Å²) in [7, 11) is -4.33. The van der Waals surface area contributed by atoms with E-state index in [0.29, 0.717) is 18.2 Å².